The van der Waals surface area contributed by atoms with Gasteiger partial charge in [-0.15, -0.1) is 0 Å². The number of carbonyl (C=O) groups is 1. The van der Waals surface area contributed by atoms with Gasteiger partial charge in [0, 0.05) is 37.3 Å². The van der Waals surface area contributed by atoms with Crippen LogP contribution in [-0.2, 0) is 13.0 Å². The number of urea groups is 1. The molecule has 0 aromatic carbocycles. The number of fused-ring (bicyclic) bond motifs is 1. The second-order valence-electron chi connectivity index (χ2n) is 3.44. The third-order valence-corrected chi connectivity index (χ3v) is 2.38. The van der Waals surface area contributed by atoms with E-state index >= 15 is 0 Å². The molecule has 0 fully saturated rings. The lowest BCUT2D eigenvalue weighted by molar-refractivity contribution is 0.252. The van der Waals surface area contributed by atoms with Crippen molar-refractivity contribution in [3.8, 4) is 0 Å². The Balaban J connectivity index is 2.08. The molecule has 1 aliphatic heterocycles. The first-order valence-electron chi connectivity index (χ1n) is 5.13. The molecule has 0 saturated carbocycles. The van der Waals surface area contributed by atoms with E-state index in [2.05, 4.69) is 26.1 Å². The summed E-state index contributed by atoms with van der Waals surface area (Å²) in [5, 5.41) is 15.7. The number of nitrogens with one attached hydrogen (secondary N) is 4. The molecule has 0 spiro atoms. The largest absolute Gasteiger partial charge is 0.338 e. The van der Waals surface area contributed by atoms with Crippen LogP contribution >= 0.6 is 0 Å². The maximum atomic E-state index is 11.3. The van der Waals surface area contributed by atoms with Crippen molar-refractivity contribution in [3.05, 3.63) is 11.3 Å². The molecule has 2 amide bonds. The molecular formula is C9H15N5O. The lowest BCUT2D eigenvalue weighted by atomic mass is 10.1. The van der Waals surface area contributed by atoms with Crippen molar-refractivity contribution in [2.45, 2.75) is 19.9 Å². The van der Waals surface area contributed by atoms with Gasteiger partial charge in [0.25, 0.3) is 0 Å². The molecule has 82 valence electrons. The van der Waals surface area contributed by atoms with E-state index < -0.39 is 0 Å². The highest BCUT2D eigenvalue weighted by atomic mass is 16.2. The number of aromatic nitrogens is 2. The summed E-state index contributed by atoms with van der Waals surface area (Å²) in [5.41, 5.74) is 2.17. The molecule has 0 saturated heterocycles. The van der Waals surface area contributed by atoms with Gasteiger partial charge in [0.15, 0.2) is 5.82 Å². The molecule has 0 atom stereocenters. The van der Waals surface area contributed by atoms with Gasteiger partial charge in [-0.1, -0.05) is 0 Å². The molecule has 6 nitrogen and oxygen atoms in total. The van der Waals surface area contributed by atoms with Gasteiger partial charge in [0.1, 0.15) is 0 Å². The number of amides is 2. The van der Waals surface area contributed by atoms with Crippen molar-refractivity contribution >= 4 is 11.8 Å². The number of hydrogen-bond donors (Lipinski definition) is 4. The van der Waals surface area contributed by atoms with Gasteiger partial charge in [0.2, 0.25) is 0 Å². The summed E-state index contributed by atoms with van der Waals surface area (Å²) in [6, 6.07) is -0.211. The first-order valence-corrected chi connectivity index (χ1v) is 5.13. The van der Waals surface area contributed by atoms with Gasteiger partial charge in [-0.2, -0.15) is 5.10 Å². The predicted molar refractivity (Wildman–Crippen MR) is 56.7 cm³/mol. The van der Waals surface area contributed by atoms with E-state index in [-0.39, 0.29) is 6.03 Å². The van der Waals surface area contributed by atoms with Crippen LogP contribution in [0.25, 0.3) is 0 Å². The summed E-state index contributed by atoms with van der Waals surface area (Å²) in [6.07, 6.45) is 0.930. The van der Waals surface area contributed by atoms with E-state index in [0.717, 1.165) is 30.8 Å². The topological polar surface area (TPSA) is 81.8 Å². The van der Waals surface area contributed by atoms with Gasteiger partial charge in [0.05, 0.1) is 0 Å². The number of carbonyl (C=O) groups excluding carboxylic acids is 1. The number of hydrogen-bond acceptors (Lipinski definition) is 3. The lowest BCUT2D eigenvalue weighted by Crippen LogP contribution is -2.30. The molecule has 1 aromatic rings. The number of aromatic amines is 1. The summed E-state index contributed by atoms with van der Waals surface area (Å²) in [7, 11) is 0. The van der Waals surface area contributed by atoms with Gasteiger partial charge >= 0.3 is 6.03 Å². The monoisotopic (exact) mass is 209 g/mol. The minimum atomic E-state index is -0.211. The number of rotatable bonds is 2. The van der Waals surface area contributed by atoms with Crippen molar-refractivity contribution in [2.75, 3.05) is 18.4 Å². The molecule has 6 heteroatoms. The molecule has 2 heterocycles. The second-order valence-corrected chi connectivity index (χ2v) is 3.44. The van der Waals surface area contributed by atoms with Crippen molar-refractivity contribution in [3.63, 3.8) is 0 Å². The Hall–Kier alpha value is -1.56. The first kappa shape index (κ1) is 9.97. The van der Waals surface area contributed by atoms with Crippen molar-refractivity contribution in [1.29, 1.82) is 0 Å². The quantitative estimate of drug-likeness (QED) is 0.561. The maximum absolute atomic E-state index is 11.3. The number of anilines is 1. The average Bonchev–Trinajstić information content (AvgIpc) is 2.62. The van der Waals surface area contributed by atoms with Crippen LogP contribution < -0.4 is 16.0 Å². The third-order valence-electron chi connectivity index (χ3n) is 2.38. The van der Waals surface area contributed by atoms with E-state index in [4.69, 9.17) is 0 Å². The van der Waals surface area contributed by atoms with Crippen LogP contribution in [0.1, 0.15) is 18.2 Å². The standard InChI is InChI=1S/C9H15N5O/c1-2-11-9(15)12-8-6-5-10-4-3-7(6)13-14-8/h10H,2-5H2,1H3,(H3,11,12,13,14,15). The van der Waals surface area contributed by atoms with Crippen LogP contribution in [0, 0.1) is 0 Å². The Bertz CT molecular complexity index is 359. The van der Waals surface area contributed by atoms with E-state index in [0.29, 0.717) is 12.4 Å². The smallest absolute Gasteiger partial charge is 0.320 e. The van der Waals surface area contributed by atoms with E-state index in [1.165, 1.54) is 0 Å². The fourth-order valence-electron chi connectivity index (χ4n) is 1.64. The summed E-state index contributed by atoms with van der Waals surface area (Å²) < 4.78 is 0. The SMILES string of the molecule is CCNC(=O)Nc1n[nH]c2c1CNCC2. The van der Waals surface area contributed by atoms with Gasteiger partial charge in [-0.3, -0.25) is 10.4 Å². The van der Waals surface area contributed by atoms with E-state index in [9.17, 15) is 4.79 Å². The Kier molecular flexibility index (Phi) is 2.86. The minimum Gasteiger partial charge on any atom is -0.338 e. The molecule has 0 unspecified atom stereocenters. The van der Waals surface area contributed by atoms with Crippen LogP contribution in [0.3, 0.4) is 0 Å². The average molecular weight is 209 g/mol. The fourth-order valence-corrected chi connectivity index (χ4v) is 1.64. The predicted octanol–water partition coefficient (Wildman–Crippen LogP) is 0.197. The van der Waals surface area contributed by atoms with Crippen LogP contribution in [0.2, 0.25) is 0 Å². The molecule has 15 heavy (non-hydrogen) atoms. The highest BCUT2D eigenvalue weighted by molar-refractivity contribution is 5.89. The van der Waals surface area contributed by atoms with Crippen LogP contribution in [0.4, 0.5) is 10.6 Å². The first-order chi connectivity index (χ1) is 7.31. The molecule has 0 aliphatic carbocycles. The van der Waals surface area contributed by atoms with E-state index in [1.54, 1.807) is 0 Å². The van der Waals surface area contributed by atoms with Crippen LogP contribution in [0.5, 0.6) is 0 Å². The highest BCUT2D eigenvalue weighted by Crippen LogP contribution is 2.19. The van der Waals surface area contributed by atoms with Crippen LogP contribution in [0.15, 0.2) is 0 Å². The zero-order chi connectivity index (χ0) is 10.7. The van der Waals surface area contributed by atoms with Gasteiger partial charge < -0.3 is 10.6 Å². The molecule has 0 bridgehead atoms. The van der Waals surface area contributed by atoms with Crippen LogP contribution in [-0.4, -0.2) is 29.3 Å². The maximum Gasteiger partial charge on any atom is 0.320 e. The molecule has 4 N–H and O–H groups in total. The summed E-state index contributed by atoms with van der Waals surface area (Å²) in [4.78, 5) is 11.3. The molecule has 1 aromatic heterocycles. The van der Waals surface area contributed by atoms with Crippen molar-refractivity contribution in [2.24, 2.45) is 0 Å². The molecular weight excluding hydrogens is 194 g/mol. The Morgan fingerprint density at radius 1 is 1.60 bits per heavy atom. The van der Waals surface area contributed by atoms with E-state index in [1.807, 2.05) is 6.92 Å². The molecule has 2 rings (SSSR count). The molecule has 1 aliphatic rings. The van der Waals surface area contributed by atoms with Gasteiger partial charge in [-0.25, -0.2) is 4.79 Å². The fraction of sp³-hybridized carbons (Fsp3) is 0.556. The summed E-state index contributed by atoms with van der Waals surface area (Å²) in [5.74, 6) is 0.628. The Morgan fingerprint density at radius 3 is 3.27 bits per heavy atom. The zero-order valence-electron chi connectivity index (χ0n) is 8.68. The minimum absolute atomic E-state index is 0.211. The normalized spacial score (nSPS) is 14.5. The Morgan fingerprint density at radius 2 is 2.47 bits per heavy atom. The summed E-state index contributed by atoms with van der Waals surface area (Å²) in [6.45, 7) is 4.20. The third kappa shape index (κ3) is 2.10. The zero-order valence-corrected chi connectivity index (χ0v) is 8.68. The highest BCUT2D eigenvalue weighted by Gasteiger charge is 2.17. The second kappa shape index (κ2) is 4.31. The number of H-pyrrole nitrogens is 1. The van der Waals surface area contributed by atoms with Gasteiger partial charge in [-0.05, 0) is 6.92 Å². The lowest BCUT2D eigenvalue weighted by Gasteiger charge is -2.13. The Labute approximate surface area is 87.8 Å². The summed E-state index contributed by atoms with van der Waals surface area (Å²) >= 11 is 0. The van der Waals surface area contributed by atoms with Crippen molar-refractivity contribution in [1.82, 2.24) is 20.8 Å². The van der Waals surface area contributed by atoms with Crippen molar-refractivity contribution < 1.29 is 4.79 Å². The number of nitrogens with zero attached hydrogens (tertiary/aromatic N) is 1. The molecule has 0 radical (unpaired) electrons.